The molecule has 0 saturated carbocycles. The van der Waals surface area contributed by atoms with Crippen molar-refractivity contribution in [1.29, 1.82) is 0 Å². The molecule has 0 fully saturated rings. The van der Waals surface area contributed by atoms with Gasteiger partial charge in [0.1, 0.15) is 10.6 Å². The number of benzene rings is 2. The van der Waals surface area contributed by atoms with Crippen molar-refractivity contribution in [2.24, 2.45) is 0 Å². The number of amides is 1. The summed E-state index contributed by atoms with van der Waals surface area (Å²) < 4.78 is 32.6. The van der Waals surface area contributed by atoms with Crippen LogP contribution in [0.25, 0.3) is 0 Å². The number of hydrogen-bond acceptors (Lipinski definition) is 4. The highest BCUT2D eigenvalue weighted by Crippen LogP contribution is 2.28. The third kappa shape index (κ3) is 4.88. The standard InChI is InChI=1S/C17H18Cl2N2O4S/c1-3-20-26(23,24)16-9-11(5-8-15(16)25-4-2)17(22)21-14-10-12(18)6-7-13(14)19/h5-10,20H,3-4H2,1-2H3,(H,21,22). The molecule has 0 aliphatic carbocycles. The molecule has 2 aromatic rings. The van der Waals surface area contributed by atoms with Crippen molar-refractivity contribution in [3.05, 3.63) is 52.0 Å². The molecule has 9 heteroatoms. The molecular formula is C17H18Cl2N2O4S. The molecule has 6 nitrogen and oxygen atoms in total. The summed E-state index contributed by atoms with van der Waals surface area (Å²) in [6, 6.07) is 8.84. The maximum atomic E-state index is 12.5. The topological polar surface area (TPSA) is 84.5 Å². The Kier molecular flexibility index (Phi) is 6.88. The monoisotopic (exact) mass is 416 g/mol. The summed E-state index contributed by atoms with van der Waals surface area (Å²) in [5.41, 5.74) is 0.468. The van der Waals surface area contributed by atoms with E-state index in [1.807, 2.05) is 0 Å². The summed E-state index contributed by atoms with van der Waals surface area (Å²) in [5, 5.41) is 3.34. The van der Waals surface area contributed by atoms with Crippen LogP contribution in [0.3, 0.4) is 0 Å². The van der Waals surface area contributed by atoms with Crippen molar-refractivity contribution in [3.8, 4) is 5.75 Å². The van der Waals surface area contributed by atoms with E-state index in [-0.39, 0.29) is 29.4 Å². The number of ether oxygens (including phenoxy) is 1. The van der Waals surface area contributed by atoms with Crippen LogP contribution in [0, 0.1) is 0 Å². The van der Waals surface area contributed by atoms with E-state index in [4.69, 9.17) is 27.9 Å². The minimum Gasteiger partial charge on any atom is -0.492 e. The second-order valence-electron chi connectivity index (χ2n) is 5.17. The van der Waals surface area contributed by atoms with Gasteiger partial charge in [-0.05, 0) is 43.3 Å². The van der Waals surface area contributed by atoms with E-state index in [1.54, 1.807) is 26.0 Å². The summed E-state index contributed by atoms with van der Waals surface area (Å²) in [5.74, 6) is -0.351. The zero-order chi connectivity index (χ0) is 19.3. The molecule has 140 valence electrons. The first-order valence-electron chi connectivity index (χ1n) is 7.81. The van der Waals surface area contributed by atoms with Gasteiger partial charge in [-0.3, -0.25) is 4.79 Å². The van der Waals surface area contributed by atoms with Gasteiger partial charge in [0, 0.05) is 17.1 Å². The zero-order valence-electron chi connectivity index (χ0n) is 14.2. The molecule has 1 amide bonds. The minimum atomic E-state index is -3.81. The Morgan fingerprint density at radius 2 is 1.85 bits per heavy atom. The SMILES string of the molecule is CCNS(=O)(=O)c1cc(C(=O)Nc2cc(Cl)ccc2Cl)ccc1OCC. The molecule has 0 aliphatic rings. The summed E-state index contributed by atoms with van der Waals surface area (Å²) >= 11 is 11.9. The molecule has 0 bridgehead atoms. The highest BCUT2D eigenvalue weighted by atomic mass is 35.5. The second-order valence-corrected chi connectivity index (χ2v) is 7.75. The minimum absolute atomic E-state index is 0.106. The lowest BCUT2D eigenvalue weighted by Crippen LogP contribution is -2.24. The van der Waals surface area contributed by atoms with Gasteiger partial charge in [-0.1, -0.05) is 30.1 Å². The van der Waals surface area contributed by atoms with Gasteiger partial charge in [0.05, 0.1) is 17.3 Å². The van der Waals surface area contributed by atoms with Crippen LogP contribution in [-0.2, 0) is 10.0 Å². The van der Waals surface area contributed by atoms with Crippen molar-refractivity contribution in [2.45, 2.75) is 18.7 Å². The van der Waals surface area contributed by atoms with Gasteiger partial charge in [0.25, 0.3) is 5.91 Å². The first-order chi connectivity index (χ1) is 12.3. The predicted molar refractivity (Wildman–Crippen MR) is 103 cm³/mol. The van der Waals surface area contributed by atoms with Crippen molar-refractivity contribution in [1.82, 2.24) is 4.72 Å². The Bertz CT molecular complexity index is 917. The summed E-state index contributed by atoms with van der Waals surface area (Å²) in [6.45, 7) is 3.90. The maximum absolute atomic E-state index is 12.5. The third-order valence-corrected chi connectivity index (χ3v) is 5.44. The van der Waals surface area contributed by atoms with E-state index in [1.165, 1.54) is 24.3 Å². The van der Waals surface area contributed by atoms with Crippen LogP contribution in [0.4, 0.5) is 5.69 Å². The normalized spacial score (nSPS) is 11.2. The highest BCUT2D eigenvalue weighted by Gasteiger charge is 2.21. The predicted octanol–water partition coefficient (Wildman–Crippen LogP) is 3.94. The Balaban J connectivity index is 2.40. The fourth-order valence-electron chi connectivity index (χ4n) is 2.19. The van der Waals surface area contributed by atoms with Crippen LogP contribution in [0.5, 0.6) is 5.75 Å². The number of carbonyl (C=O) groups is 1. The molecule has 2 aromatic carbocycles. The lowest BCUT2D eigenvalue weighted by molar-refractivity contribution is 0.102. The smallest absolute Gasteiger partial charge is 0.255 e. The number of anilines is 1. The molecule has 0 unspecified atom stereocenters. The first kappa shape index (κ1) is 20.5. The van der Waals surface area contributed by atoms with E-state index >= 15 is 0 Å². The molecule has 26 heavy (non-hydrogen) atoms. The fourth-order valence-corrected chi connectivity index (χ4v) is 3.74. The molecule has 0 heterocycles. The molecule has 0 aromatic heterocycles. The maximum Gasteiger partial charge on any atom is 0.255 e. The lowest BCUT2D eigenvalue weighted by atomic mass is 10.2. The van der Waals surface area contributed by atoms with E-state index in [0.717, 1.165) is 0 Å². The van der Waals surface area contributed by atoms with Crippen molar-refractivity contribution < 1.29 is 17.9 Å². The molecule has 2 rings (SSSR count). The van der Waals surface area contributed by atoms with Crippen LogP contribution in [0.1, 0.15) is 24.2 Å². The van der Waals surface area contributed by atoms with Gasteiger partial charge < -0.3 is 10.1 Å². The van der Waals surface area contributed by atoms with Crippen LogP contribution < -0.4 is 14.8 Å². The average molecular weight is 417 g/mol. The van der Waals surface area contributed by atoms with Gasteiger partial charge in [-0.25, -0.2) is 13.1 Å². The number of carbonyl (C=O) groups excluding carboxylic acids is 1. The van der Waals surface area contributed by atoms with Gasteiger partial charge in [0.15, 0.2) is 0 Å². The van der Waals surface area contributed by atoms with Crippen LogP contribution in [-0.4, -0.2) is 27.5 Å². The average Bonchev–Trinajstić information content (AvgIpc) is 2.58. The van der Waals surface area contributed by atoms with Crippen LogP contribution in [0.2, 0.25) is 10.0 Å². The molecule has 0 atom stereocenters. The van der Waals surface area contributed by atoms with Gasteiger partial charge in [-0.2, -0.15) is 0 Å². The van der Waals surface area contributed by atoms with Crippen LogP contribution >= 0.6 is 23.2 Å². The van der Waals surface area contributed by atoms with E-state index in [9.17, 15) is 13.2 Å². The molecule has 2 N–H and O–H groups in total. The van der Waals surface area contributed by atoms with Crippen LogP contribution in [0.15, 0.2) is 41.3 Å². The van der Waals surface area contributed by atoms with Crippen molar-refractivity contribution >= 4 is 44.8 Å². The molecule has 0 aliphatic heterocycles. The second kappa shape index (κ2) is 8.73. The van der Waals surface area contributed by atoms with E-state index in [2.05, 4.69) is 10.0 Å². The quantitative estimate of drug-likeness (QED) is 0.715. The fraction of sp³-hybridized carbons (Fsp3) is 0.235. The van der Waals surface area contributed by atoms with E-state index < -0.39 is 15.9 Å². The number of sulfonamides is 1. The summed E-state index contributed by atoms with van der Waals surface area (Å²) in [6.07, 6.45) is 0. The zero-order valence-corrected chi connectivity index (χ0v) is 16.5. The van der Waals surface area contributed by atoms with Crippen molar-refractivity contribution in [2.75, 3.05) is 18.5 Å². The Morgan fingerprint density at radius 1 is 1.12 bits per heavy atom. The molecule has 0 radical (unpaired) electrons. The number of halogens is 2. The number of nitrogens with one attached hydrogen (secondary N) is 2. The molecule has 0 saturated heterocycles. The number of rotatable bonds is 7. The lowest BCUT2D eigenvalue weighted by Gasteiger charge is -2.13. The van der Waals surface area contributed by atoms with E-state index in [0.29, 0.717) is 15.7 Å². The third-order valence-electron chi connectivity index (χ3n) is 3.31. The van der Waals surface area contributed by atoms with Crippen molar-refractivity contribution in [3.63, 3.8) is 0 Å². The summed E-state index contributed by atoms with van der Waals surface area (Å²) in [7, 11) is -3.81. The Morgan fingerprint density at radius 3 is 2.50 bits per heavy atom. The number of hydrogen-bond donors (Lipinski definition) is 2. The highest BCUT2D eigenvalue weighted by molar-refractivity contribution is 7.89. The largest absolute Gasteiger partial charge is 0.492 e. The molecular weight excluding hydrogens is 399 g/mol. The molecule has 0 spiro atoms. The first-order valence-corrected chi connectivity index (χ1v) is 10.0. The van der Waals surface area contributed by atoms with Gasteiger partial charge in [-0.15, -0.1) is 0 Å². The Labute approximate surface area is 162 Å². The Hall–Kier alpha value is -1.80. The van der Waals surface area contributed by atoms with Gasteiger partial charge >= 0.3 is 0 Å². The van der Waals surface area contributed by atoms with Gasteiger partial charge in [0.2, 0.25) is 10.0 Å². The summed E-state index contributed by atoms with van der Waals surface area (Å²) in [4.78, 5) is 12.4.